The van der Waals surface area contributed by atoms with Crippen LogP contribution in [0.5, 0.6) is 5.75 Å². The number of hydrogen-bond acceptors (Lipinski definition) is 3. The molecule has 4 nitrogen and oxygen atoms in total. The van der Waals surface area contributed by atoms with Gasteiger partial charge in [-0.3, -0.25) is 4.79 Å². The quantitative estimate of drug-likeness (QED) is 0.756. The van der Waals surface area contributed by atoms with Crippen molar-refractivity contribution < 1.29 is 14.3 Å². The van der Waals surface area contributed by atoms with Gasteiger partial charge in [0.2, 0.25) is 5.91 Å². The van der Waals surface area contributed by atoms with Crippen LogP contribution >= 0.6 is 0 Å². The van der Waals surface area contributed by atoms with Gasteiger partial charge >= 0.3 is 0 Å². The highest BCUT2D eigenvalue weighted by atomic mass is 16.5. The fourth-order valence-electron chi connectivity index (χ4n) is 3.01. The normalized spacial score (nSPS) is 15.9. The molecule has 1 unspecified atom stereocenters. The summed E-state index contributed by atoms with van der Waals surface area (Å²) in [5.41, 5.74) is 2.27. The van der Waals surface area contributed by atoms with E-state index in [0.29, 0.717) is 6.61 Å². The Hall–Kier alpha value is -1.55. The molecule has 22 heavy (non-hydrogen) atoms. The Labute approximate surface area is 133 Å². The van der Waals surface area contributed by atoms with Gasteiger partial charge < -0.3 is 14.4 Å². The van der Waals surface area contributed by atoms with E-state index in [9.17, 15) is 4.79 Å². The van der Waals surface area contributed by atoms with Gasteiger partial charge in [0.1, 0.15) is 5.75 Å². The zero-order valence-electron chi connectivity index (χ0n) is 13.9. The molecule has 1 aliphatic heterocycles. The van der Waals surface area contributed by atoms with Crippen LogP contribution in [0.4, 0.5) is 5.69 Å². The largest absolute Gasteiger partial charge is 0.497 e. The summed E-state index contributed by atoms with van der Waals surface area (Å²) in [6.07, 6.45) is 4.96. The molecular weight excluding hydrogens is 278 g/mol. The summed E-state index contributed by atoms with van der Waals surface area (Å²) < 4.78 is 10.4. The molecular formula is C18H27NO3. The highest BCUT2D eigenvalue weighted by molar-refractivity contribution is 5.95. The minimum absolute atomic E-state index is 0.0307. The average Bonchev–Trinajstić information content (AvgIpc) is 2.75. The number of hydrogen-bond donors (Lipinski definition) is 0. The second-order valence-electron chi connectivity index (χ2n) is 5.98. The number of methoxy groups -OCH3 is 2. The minimum atomic E-state index is 0.0307. The maximum absolute atomic E-state index is 12.8. The standard InChI is InChI=1S/C18H27NO3/c1-14(7-6-12-21-2)18(20)19-11-5-4-8-15-13-16(22-3)9-10-17(15)19/h9-10,13-14H,4-8,11-12H2,1-3H3. The Balaban J connectivity index is 2.15. The molecule has 1 aliphatic rings. The molecule has 0 aliphatic carbocycles. The van der Waals surface area contributed by atoms with E-state index < -0.39 is 0 Å². The van der Waals surface area contributed by atoms with Crippen LogP contribution in [0.1, 0.15) is 38.2 Å². The summed E-state index contributed by atoms with van der Waals surface area (Å²) in [6.45, 7) is 3.55. The average molecular weight is 305 g/mol. The number of carbonyl (C=O) groups excluding carboxylic acids is 1. The van der Waals surface area contributed by atoms with Crippen molar-refractivity contribution in [2.45, 2.75) is 39.0 Å². The second-order valence-corrected chi connectivity index (χ2v) is 5.98. The van der Waals surface area contributed by atoms with Crippen LogP contribution in [0.3, 0.4) is 0 Å². The van der Waals surface area contributed by atoms with Gasteiger partial charge in [0.25, 0.3) is 0 Å². The van der Waals surface area contributed by atoms with Gasteiger partial charge in [-0.25, -0.2) is 0 Å². The molecule has 1 aromatic rings. The number of ether oxygens (including phenoxy) is 2. The predicted molar refractivity (Wildman–Crippen MR) is 88.6 cm³/mol. The number of benzene rings is 1. The minimum Gasteiger partial charge on any atom is -0.497 e. The highest BCUT2D eigenvalue weighted by Crippen LogP contribution is 2.31. The summed E-state index contributed by atoms with van der Waals surface area (Å²) >= 11 is 0. The van der Waals surface area contributed by atoms with Gasteiger partial charge in [0.05, 0.1) is 7.11 Å². The second kappa shape index (κ2) is 8.18. The molecule has 0 saturated heterocycles. The van der Waals surface area contributed by atoms with Crippen molar-refractivity contribution in [3.8, 4) is 5.75 Å². The fourth-order valence-corrected chi connectivity index (χ4v) is 3.01. The van der Waals surface area contributed by atoms with Crippen molar-refractivity contribution in [1.29, 1.82) is 0 Å². The Bertz CT molecular complexity index is 501. The van der Waals surface area contributed by atoms with Crippen molar-refractivity contribution >= 4 is 11.6 Å². The zero-order chi connectivity index (χ0) is 15.9. The van der Waals surface area contributed by atoms with E-state index in [1.807, 2.05) is 24.0 Å². The molecule has 122 valence electrons. The molecule has 2 rings (SSSR count). The molecule has 1 aromatic carbocycles. The lowest BCUT2D eigenvalue weighted by molar-refractivity contribution is -0.122. The van der Waals surface area contributed by atoms with E-state index in [-0.39, 0.29) is 11.8 Å². The highest BCUT2D eigenvalue weighted by Gasteiger charge is 2.25. The lowest BCUT2D eigenvalue weighted by Gasteiger charge is -2.26. The number of amides is 1. The van der Waals surface area contributed by atoms with Crippen LogP contribution in [0.25, 0.3) is 0 Å². The van der Waals surface area contributed by atoms with Crippen LogP contribution in [0.2, 0.25) is 0 Å². The van der Waals surface area contributed by atoms with Crippen molar-refractivity contribution in [1.82, 2.24) is 0 Å². The number of anilines is 1. The van der Waals surface area contributed by atoms with E-state index in [0.717, 1.165) is 50.1 Å². The van der Waals surface area contributed by atoms with Crippen molar-refractivity contribution in [3.05, 3.63) is 23.8 Å². The number of carbonyl (C=O) groups is 1. The monoisotopic (exact) mass is 305 g/mol. The van der Waals surface area contributed by atoms with Crippen molar-refractivity contribution in [3.63, 3.8) is 0 Å². The number of rotatable bonds is 6. The van der Waals surface area contributed by atoms with Gasteiger partial charge in [-0.1, -0.05) is 6.92 Å². The summed E-state index contributed by atoms with van der Waals surface area (Å²) in [4.78, 5) is 14.8. The van der Waals surface area contributed by atoms with Crippen LogP contribution in [0, 0.1) is 5.92 Å². The van der Waals surface area contributed by atoms with Gasteiger partial charge in [0, 0.05) is 31.9 Å². The smallest absolute Gasteiger partial charge is 0.229 e. The van der Waals surface area contributed by atoms with Gasteiger partial charge in [-0.2, -0.15) is 0 Å². The van der Waals surface area contributed by atoms with Gasteiger partial charge in [0.15, 0.2) is 0 Å². The van der Waals surface area contributed by atoms with Crippen LogP contribution in [-0.4, -0.2) is 33.3 Å². The van der Waals surface area contributed by atoms with E-state index in [1.165, 1.54) is 5.56 Å². The number of aryl methyl sites for hydroxylation is 1. The topological polar surface area (TPSA) is 38.8 Å². The molecule has 1 heterocycles. The number of fused-ring (bicyclic) bond motifs is 1. The Morgan fingerprint density at radius 1 is 1.32 bits per heavy atom. The molecule has 0 saturated carbocycles. The first kappa shape index (κ1) is 16.8. The van der Waals surface area contributed by atoms with E-state index >= 15 is 0 Å². The molecule has 0 spiro atoms. The molecule has 1 amide bonds. The first-order valence-electron chi connectivity index (χ1n) is 8.14. The third-order valence-corrected chi connectivity index (χ3v) is 4.33. The Morgan fingerprint density at radius 3 is 2.86 bits per heavy atom. The van der Waals surface area contributed by atoms with E-state index in [2.05, 4.69) is 6.07 Å². The molecule has 0 bridgehead atoms. The lowest BCUT2D eigenvalue weighted by Crippen LogP contribution is -2.36. The number of nitrogens with zero attached hydrogens (tertiary/aromatic N) is 1. The fraction of sp³-hybridized carbons (Fsp3) is 0.611. The first-order valence-corrected chi connectivity index (χ1v) is 8.14. The van der Waals surface area contributed by atoms with E-state index in [4.69, 9.17) is 9.47 Å². The SMILES string of the molecule is COCCCC(C)C(=O)N1CCCCc2cc(OC)ccc21. The molecule has 0 fully saturated rings. The van der Waals surface area contributed by atoms with E-state index in [1.54, 1.807) is 14.2 Å². The summed E-state index contributed by atoms with van der Waals surface area (Å²) in [7, 11) is 3.38. The lowest BCUT2D eigenvalue weighted by atomic mass is 10.0. The maximum atomic E-state index is 12.8. The summed E-state index contributed by atoms with van der Waals surface area (Å²) in [5, 5.41) is 0. The summed E-state index contributed by atoms with van der Waals surface area (Å²) in [5.74, 6) is 1.12. The zero-order valence-corrected chi connectivity index (χ0v) is 13.9. The van der Waals surface area contributed by atoms with Gasteiger partial charge in [-0.05, 0) is 55.9 Å². The van der Waals surface area contributed by atoms with Crippen LogP contribution < -0.4 is 9.64 Å². The van der Waals surface area contributed by atoms with Crippen LogP contribution in [0.15, 0.2) is 18.2 Å². The van der Waals surface area contributed by atoms with Crippen molar-refractivity contribution in [2.75, 3.05) is 32.3 Å². The Kier molecular flexibility index (Phi) is 6.25. The third-order valence-electron chi connectivity index (χ3n) is 4.33. The van der Waals surface area contributed by atoms with Crippen molar-refractivity contribution in [2.24, 2.45) is 5.92 Å². The third kappa shape index (κ3) is 4.01. The molecule has 0 aromatic heterocycles. The molecule has 1 atom stereocenters. The van der Waals surface area contributed by atoms with Crippen LogP contribution in [-0.2, 0) is 16.0 Å². The van der Waals surface area contributed by atoms with Gasteiger partial charge in [-0.15, -0.1) is 0 Å². The molecule has 4 heteroatoms. The Morgan fingerprint density at radius 2 is 2.14 bits per heavy atom. The predicted octanol–water partition coefficient (Wildman–Crippen LogP) is 3.43. The first-order chi connectivity index (χ1) is 10.7. The maximum Gasteiger partial charge on any atom is 0.229 e. The molecule has 0 radical (unpaired) electrons. The molecule has 0 N–H and O–H groups in total. The summed E-state index contributed by atoms with van der Waals surface area (Å²) in [6, 6.07) is 6.04.